The van der Waals surface area contributed by atoms with Crippen molar-refractivity contribution in [1.29, 1.82) is 0 Å². The fourth-order valence-electron chi connectivity index (χ4n) is 3.58. The van der Waals surface area contributed by atoms with Crippen molar-refractivity contribution in [1.82, 2.24) is 26.1 Å². The predicted molar refractivity (Wildman–Crippen MR) is 86.2 cm³/mol. The van der Waals surface area contributed by atoms with Gasteiger partial charge in [-0.2, -0.15) is 5.06 Å². The lowest BCUT2D eigenvalue weighted by Crippen LogP contribution is -2.55. The van der Waals surface area contributed by atoms with E-state index < -0.39 is 30.6 Å². The highest BCUT2D eigenvalue weighted by atomic mass is 16.7. The van der Waals surface area contributed by atoms with E-state index in [2.05, 4.69) is 16.2 Å². The molecule has 4 N–H and O–H groups in total. The first kappa shape index (κ1) is 18.4. The molecule has 3 atom stereocenters. The van der Waals surface area contributed by atoms with Crippen LogP contribution >= 0.6 is 0 Å². The van der Waals surface area contributed by atoms with Gasteiger partial charge < -0.3 is 15.3 Å². The molecule has 3 saturated heterocycles. The predicted octanol–water partition coefficient (Wildman–Crippen LogP) is -1.58. The van der Waals surface area contributed by atoms with Gasteiger partial charge in [0, 0.05) is 13.1 Å². The second kappa shape index (κ2) is 7.87. The van der Waals surface area contributed by atoms with Crippen LogP contribution in [0.15, 0.2) is 0 Å². The first-order valence-corrected chi connectivity index (χ1v) is 8.72. The number of aliphatic carboxylic acids is 1. The van der Waals surface area contributed by atoms with Crippen LogP contribution < -0.4 is 16.2 Å². The number of urea groups is 1. The Kier molecular flexibility index (Phi) is 5.57. The van der Waals surface area contributed by atoms with Crippen molar-refractivity contribution >= 4 is 23.8 Å². The van der Waals surface area contributed by atoms with E-state index in [4.69, 9.17) is 9.94 Å². The zero-order valence-electron chi connectivity index (χ0n) is 14.3. The summed E-state index contributed by atoms with van der Waals surface area (Å²) in [6, 6.07) is -1.52. The van der Waals surface area contributed by atoms with Gasteiger partial charge in [0.25, 0.3) is 5.91 Å². The van der Waals surface area contributed by atoms with Crippen molar-refractivity contribution in [3.05, 3.63) is 0 Å². The maximum absolute atomic E-state index is 12.4. The van der Waals surface area contributed by atoms with Gasteiger partial charge in [-0.05, 0) is 32.2 Å². The minimum atomic E-state index is -1.18. The Morgan fingerprint density at radius 3 is 2.65 bits per heavy atom. The van der Waals surface area contributed by atoms with E-state index in [9.17, 15) is 19.2 Å². The average molecular weight is 369 g/mol. The normalized spacial score (nSPS) is 28.0. The van der Waals surface area contributed by atoms with Crippen LogP contribution in [-0.2, 0) is 19.2 Å². The molecule has 0 aromatic rings. The molecule has 2 bridgehead atoms. The van der Waals surface area contributed by atoms with Crippen LogP contribution in [0.25, 0.3) is 0 Å². The number of fused-ring (bicyclic) bond motifs is 2. The maximum atomic E-state index is 12.4. The summed E-state index contributed by atoms with van der Waals surface area (Å²) in [5.41, 5.74) is 4.84. The van der Waals surface area contributed by atoms with E-state index >= 15 is 0 Å². The lowest BCUT2D eigenvalue weighted by molar-refractivity contribution is -0.167. The largest absolute Gasteiger partial charge is 0.479 e. The van der Waals surface area contributed by atoms with Gasteiger partial charge in [0.15, 0.2) is 6.61 Å². The molecule has 3 aliphatic rings. The minimum Gasteiger partial charge on any atom is -0.479 e. The number of hydrogen-bond donors (Lipinski definition) is 4. The van der Waals surface area contributed by atoms with E-state index in [0.717, 1.165) is 24.4 Å². The van der Waals surface area contributed by atoms with Crippen LogP contribution in [0.3, 0.4) is 0 Å². The van der Waals surface area contributed by atoms with Crippen molar-refractivity contribution in [3.63, 3.8) is 0 Å². The van der Waals surface area contributed by atoms with Gasteiger partial charge in [-0.3, -0.25) is 25.3 Å². The number of carboxylic acid groups (broad SMARTS) is 1. The highest BCUT2D eigenvalue weighted by Gasteiger charge is 2.48. The number of rotatable bonds is 5. The van der Waals surface area contributed by atoms with Crippen LogP contribution in [0.2, 0.25) is 0 Å². The van der Waals surface area contributed by atoms with Crippen LogP contribution in [0.4, 0.5) is 4.79 Å². The standard InChI is InChI=1S/C15H23N5O6/c21-12(22)8-26-20-10-3-4-11(19(7-10)15(20)25)14(24)18-17-13(23)9-2-1-5-16-6-9/h9-11,16H,1-8H2,(H,17,23)(H,18,24)(H,21,22)/t9-,10+,11+/m1/s1. The molecule has 4 amide bonds. The Hall–Kier alpha value is -2.40. The van der Waals surface area contributed by atoms with E-state index in [1.807, 2.05) is 0 Å². The second-order valence-electron chi connectivity index (χ2n) is 6.70. The average Bonchev–Trinajstić information content (AvgIpc) is 2.88. The zero-order chi connectivity index (χ0) is 18.7. The third-order valence-corrected chi connectivity index (χ3v) is 4.93. The summed E-state index contributed by atoms with van der Waals surface area (Å²) in [5, 5.41) is 12.9. The van der Waals surface area contributed by atoms with Crippen molar-refractivity contribution in [2.75, 3.05) is 26.2 Å². The number of hydrogen-bond acceptors (Lipinski definition) is 6. The minimum absolute atomic E-state index is 0.187. The van der Waals surface area contributed by atoms with Crippen LogP contribution in [0.5, 0.6) is 0 Å². The lowest BCUT2D eigenvalue weighted by atomic mass is 9.99. The summed E-state index contributed by atoms with van der Waals surface area (Å²) < 4.78 is 0. The zero-order valence-corrected chi connectivity index (χ0v) is 14.3. The van der Waals surface area contributed by atoms with Crippen molar-refractivity contribution in [2.45, 2.75) is 37.8 Å². The molecule has 3 fully saturated rings. The number of carboxylic acids is 1. The number of carbonyl (C=O) groups is 4. The number of hydrazine groups is 1. The molecular formula is C15H23N5O6. The lowest BCUT2D eigenvalue weighted by Gasteiger charge is -2.29. The molecular weight excluding hydrogens is 346 g/mol. The topological polar surface area (TPSA) is 140 Å². The SMILES string of the molecule is O=C(O)CON1C(=O)N2C[C@@H]1CC[C@H]2C(=O)NNC(=O)[C@@H]1CCCNC1. The van der Waals surface area contributed by atoms with Crippen molar-refractivity contribution < 1.29 is 29.1 Å². The number of amides is 4. The molecule has 0 radical (unpaired) electrons. The second-order valence-corrected chi connectivity index (χ2v) is 6.70. The summed E-state index contributed by atoms with van der Waals surface area (Å²) >= 11 is 0. The van der Waals surface area contributed by atoms with Gasteiger partial charge in [-0.25, -0.2) is 9.59 Å². The molecule has 144 valence electrons. The molecule has 0 spiro atoms. The van der Waals surface area contributed by atoms with Gasteiger partial charge in [0.05, 0.1) is 12.0 Å². The molecule has 3 rings (SSSR count). The van der Waals surface area contributed by atoms with Crippen LogP contribution in [-0.4, -0.2) is 77.2 Å². The molecule has 0 unspecified atom stereocenters. The number of carbonyl (C=O) groups excluding carboxylic acids is 3. The van der Waals surface area contributed by atoms with Gasteiger partial charge in [0.2, 0.25) is 5.91 Å². The Morgan fingerprint density at radius 1 is 1.19 bits per heavy atom. The van der Waals surface area contributed by atoms with Gasteiger partial charge in [0.1, 0.15) is 6.04 Å². The van der Waals surface area contributed by atoms with Gasteiger partial charge in [-0.1, -0.05) is 0 Å². The molecule has 0 aliphatic carbocycles. The first-order valence-electron chi connectivity index (χ1n) is 8.72. The van der Waals surface area contributed by atoms with Gasteiger partial charge in [-0.15, -0.1) is 0 Å². The fraction of sp³-hybridized carbons (Fsp3) is 0.733. The molecule has 0 aromatic heterocycles. The molecule has 0 saturated carbocycles. The Morgan fingerprint density at radius 2 is 1.96 bits per heavy atom. The summed E-state index contributed by atoms with van der Waals surface area (Å²) in [4.78, 5) is 53.8. The smallest absolute Gasteiger partial charge is 0.345 e. The first-order chi connectivity index (χ1) is 12.5. The maximum Gasteiger partial charge on any atom is 0.345 e. The number of hydroxylamine groups is 2. The van der Waals surface area contributed by atoms with Crippen LogP contribution in [0, 0.1) is 5.92 Å². The van der Waals surface area contributed by atoms with E-state index in [1.54, 1.807) is 0 Å². The molecule has 11 heteroatoms. The Bertz CT molecular complexity index is 593. The number of nitrogens with zero attached hydrogens (tertiary/aromatic N) is 2. The summed E-state index contributed by atoms with van der Waals surface area (Å²) in [5.74, 6) is -2.08. The highest BCUT2D eigenvalue weighted by molar-refractivity contribution is 5.90. The molecule has 0 aromatic carbocycles. The summed E-state index contributed by atoms with van der Waals surface area (Å²) in [6.45, 7) is 1.14. The molecule has 3 aliphatic heterocycles. The van der Waals surface area contributed by atoms with Crippen LogP contribution in [0.1, 0.15) is 25.7 Å². The highest BCUT2D eigenvalue weighted by Crippen LogP contribution is 2.30. The number of nitrogens with one attached hydrogen (secondary N) is 3. The van der Waals surface area contributed by atoms with Crippen molar-refractivity contribution in [3.8, 4) is 0 Å². The monoisotopic (exact) mass is 369 g/mol. The van der Waals surface area contributed by atoms with Crippen molar-refractivity contribution in [2.24, 2.45) is 5.92 Å². The Balaban J connectivity index is 1.51. The summed E-state index contributed by atoms with van der Waals surface area (Å²) in [7, 11) is 0. The molecule has 3 heterocycles. The third kappa shape index (κ3) is 3.88. The third-order valence-electron chi connectivity index (χ3n) is 4.93. The molecule has 26 heavy (non-hydrogen) atoms. The van der Waals surface area contributed by atoms with E-state index in [0.29, 0.717) is 19.4 Å². The quantitative estimate of drug-likeness (QED) is 0.429. The number of piperidine rings is 2. The van der Waals surface area contributed by atoms with Gasteiger partial charge >= 0.3 is 12.0 Å². The Labute approximate surface area is 149 Å². The van der Waals surface area contributed by atoms with E-state index in [1.165, 1.54) is 4.90 Å². The summed E-state index contributed by atoms with van der Waals surface area (Å²) in [6.07, 6.45) is 2.60. The fourth-order valence-corrected chi connectivity index (χ4v) is 3.58. The molecule has 11 nitrogen and oxygen atoms in total. The van der Waals surface area contributed by atoms with E-state index in [-0.39, 0.29) is 24.4 Å².